The Morgan fingerprint density at radius 1 is 1.11 bits per heavy atom. The van der Waals surface area contributed by atoms with Crippen LogP contribution in [0.15, 0.2) is 61.2 Å². The Hall–Kier alpha value is -4.33. The maximum atomic E-state index is 13.9. The number of nitrogens with zero attached hydrogens (tertiary/aromatic N) is 1. The maximum absolute atomic E-state index is 13.9. The van der Waals surface area contributed by atoms with Crippen LogP contribution in [-0.4, -0.2) is 31.6 Å². The molecule has 0 bridgehead atoms. The summed E-state index contributed by atoms with van der Waals surface area (Å²) in [7, 11) is 3.24. The molecule has 7 nitrogen and oxygen atoms in total. The van der Waals surface area contributed by atoms with Crippen molar-refractivity contribution in [1.29, 1.82) is 0 Å². The molecule has 4 rings (SSSR count). The number of methoxy groups -OCH3 is 1. The fourth-order valence-electron chi connectivity index (χ4n) is 4.42. The van der Waals surface area contributed by atoms with E-state index < -0.39 is 17.3 Å². The number of hydrogen-bond donors (Lipinski definition) is 1. The SMILES string of the molecule is C=CC(=O)Oc1ccc(-c2ccc3c(c2COc2cc(F)ccc2C)N(C)C(=O)C(C)(C)N3)c(OC)c1. The number of aryl methyl sites for hydroxylation is 1. The molecular formula is C29H29FN2O5. The molecule has 8 heteroatoms. The van der Waals surface area contributed by atoms with Crippen LogP contribution in [0.2, 0.25) is 0 Å². The third kappa shape index (κ3) is 5.00. The van der Waals surface area contributed by atoms with Crippen LogP contribution in [0.25, 0.3) is 11.1 Å². The van der Waals surface area contributed by atoms with Crippen molar-refractivity contribution < 1.29 is 28.2 Å². The highest BCUT2D eigenvalue weighted by atomic mass is 19.1. The van der Waals surface area contributed by atoms with E-state index in [9.17, 15) is 14.0 Å². The Morgan fingerprint density at radius 2 is 1.84 bits per heavy atom. The predicted octanol–water partition coefficient (Wildman–Crippen LogP) is 5.65. The Balaban J connectivity index is 1.86. The van der Waals surface area contributed by atoms with Crippen LogP contribution in [0.4, 0.5) is 15.8 Å². The molecular weight excluding hydrogens is 475 g/mol. The first-order valence-electron chi connectivity index (χ1n) is 11.7. The Morgan fingerprint density at radius 3 is 2.54 bits per heavy atom. The number of carbonyl (C=O) groups is 2. The number of ether oxygens (including phenoxy) is 3. The normalized spacial score (nSPS) is 13.9. The summed E-state index contributed by atoms with van der Waals surface area (Å²) in [4.78, 5) is 26.5. The van der Waals surface area contributed by atoms with Gasteiger partial charge in [-0.2, -0.15) is 0 Å². The smallest absolute Gasteiger partial charge is 0.335 e. The van der Waals surface area contributed by atoms with E-state index in [0.717, 1.165) is 22.9 Å². The molecule has 0 atom stereocenters. The first kappa shape index (κ1) is 25.8. The van der Waals surface area contributed by atoms with Crippen LogP contribution in [-0.2, 0) is 16.2 Å². The van der Waals surface area contributed by atoms with Gasteiger partial charge in [0.2, 0.25) is 0 Å². The summed E-state index contributed by atoms with van der Waals surface area (Å²) in [5, 5.41) is 3.32. The number of nitrogens with one attached hydrogen (secondary N) is 1. The number of anilines is 2. The zero-order valence-corrected chi connectivity index (χ0v) is 21.5. The van der Waals surface area contributed by atoms with E-state index >= 15 is 0 Å². The summed E-state index contributed by atoms with van der Waals surface area (Å²) in [5.74, 6) is 0.0529. The topological polar surface area (TPSA) is 77.1 Å². The molecule has 3 aromatic carbocycles. The molecule has 0 unspecified atom stereocenters. The van der Waals surface area contributed by atoms with Gasteiger partial charge in [0.25, 0.3) is 5.91 Å². The minimum Gasteiger partial charge on any atom is -0.496 e. The van der Waals surface area contributed by atoms with Crippen LogP contribution in [0.5, 0.6) is 17.2 Å². The van der Waals surface area contributed by atoms with E-state index in [1.807, 2.05) is 32.9 Å². The highest BCUT2D eigenvalue weighted by Gasteiger charge is 2.38. The molecule has 1 heterocycles. The largest absolute Gasteiger partial charge is 0.496 e. The average Bonchev–Trinajstić information content (AvgIpc) is 2.87. The molecule has 0 aliphatic carbocycles. The fourth-order valence-corrected chi connectivity index (χ4v) is 4.42. The third-order valence-corrected chi connectivity index (χ3v) is 6.28. The van der Waals surface area contributed by atoms with E-state index in [0.29, 0.717) is 34.1 Å². The van der Waals surface area contributed by atoms with Gasteiger partial charge in [-0.1, -0.05) is 18.7 Å². The van der Waals surface area contributed by atoms with Crippen LogP contribution < -0.4 is 24.4 Å². The summed E-state index contributed by atoms with van der Waals surface area (Å²) in [6.45, 7) is 8.95. The van der Waals surface area contributed by atoms with Gasteiger partial charge in [0, 0.05) is 36.4 Å². The van der Waals surface area contributed by atoms with Crippen LogP contribution >= 0.6 is 0 Å². The van der Waals surface area contributed by atoms with Crippen molar-refractivity contribution in [1.82, 2.24) is 0 Å². The molecule has 192 valence electrons. The van der Waals surface area contributed by atoms with E-state index in [1.165, 1.54) is 19.2 Å². The number of halogens is 1. The van der Waals surface area contributed by atoms with Gasteiger partial charge in [-0.25, -0.2) is 9.18 Å². The second kappa shape index (κ2) is 9.97. The molecule has 37 heavy (non-hydrogen) atoms. The highest BCUT2D eigenvalue weighted by Crippen LogP contribution is 2.45. The molecule has 0 saturated carbocycles. The Kier molecular flexibility index (Phi) is 6.94. The van der Waals surface area contributed by atoms with Gasteiger partial charge in [-0.05, 0) is 56.2 Å². The fraction of sp³-hybridized carbons (Fsp3) is 0.241. The zero-order chi connectivity index (χ0) is 26.9. The molecule has 0 fully saturated rings. The molecule has 0 saturated heterocycles. The van der Waals surface area contributed by atoms with E-state index in [2.05, 4.69) is 11.9 Å². The number of benzene rings is 3. The van der Waals surface area contributed by atoms with Crippen LogP contribution in [0, 0.1) is 12.7 Å². The van der Waals surface area contributed by atoms with Crippen LogP contribution in [0.3, 0.4) is 0 Å². The molecule has 0 radical (unpaired) electrons. The van der Waals surface area contributed by atoms with Crippen molar-refractivity contribution in [3.05, 3.63) is 78.1 Å². The summed E-state index contributed by atoms with van der Waals surface area (Å²) in [5.41, 5.74) is 3.54. The molecule has 1 N–H and O–H groups in total. The first-order chi connectivity index (χ1) is 17.6. The minimum atomic E-state index is -0.797. The van der Waals surface area contributed by atoms with Gasteiger partial charge in [0.15, 0.2) is 0 Å². The van der Waals surface area contributed by atoms with E-state index in [4.69, 9.17) is 14.2 Å². The number of esters is 1. The highest BCUT2D eigenvalue weighted by molar-refractivity contribution is 6.08. The molecule has 1 amide bonds. The zero-order valence-electron chi connectivity index (χ0n) is 21.5. The van der Waals surface area contributed by atoms with Gasteiger partial charge in [0.05, 0.1) is 18.5 Å². The van der Waals surface area contributed by atoms with Gasteiger partial charge in [0.1, 0.15) is 35.2 Å². The lowest BCUT2D eigenvalue weighted by Crippen LogP contribution is -2.52. The van der Waals surface area contributed by atoms with E-state index in [1.54, 1.807) is 36.2 Å². The average molecular weight is 505 g/mol. The van der Waals surface area contributed by atoms with Gasteiger partial charge >= 0.3 is 5.97 Å². The minimum absolute atomic E-state index is 0.0544. The van der Waals surface area contributed by atoms with Crippen LogP contribution in [0.1, 0.15) is 25.0 Å². The third-order valence-electron chi connectivity index (χ3n) is 6.28. The summed E-state index contributed by atoms with van der Waals surface area (Å²) < 4.78 is 30.9. The standard InChI is InChI=1S/C29H29FN2O5/c1-7-26(33)37-19-10-11-21(25(15-19)35-6)20-12-13-23-27(32(5)28(34)29(3,4)31-23)22(20)16-36-24-14-18(30)9-8-17(24)2/h7-15,31H,1,16H2,2-6H3. The number of rotatable bonds is 7. The van der Waals surface area contributed by atoms with Crippen molar-refractivity contribution in [2.45, 2.75) is 32.9 Å². The summed E-state index contributed by atoms with van der Waals surface area (Å²) in [6, 6.07) is 13.2. The number of amides is 1. The molecule has 1 aliphatic heterocycles. The quantitative estimate of drug-likeness (QED) is 0.255. The van der Waals surface area contributed by atoms with Crippen molar-refractivity contribution >= 4 is 23.3 Å². The molecule has 0 spiro atoms. The lowest BCUT2D eigenvalue weighted by molar-refractivity contribution is -0.129. The second-order valence-electron chi connectivity index (χ2n) is 9.29. The van der Waals surface area contributed by atoms with Crippen molar-refractivity contribution in [2.75, 3.05) is 24.4 Å². The van der Waals surface area contributed by atoms with E-state index in [-0.39, 0.29) is 12.5 Å². The van der Waals surface area contributed by atoms with Crippen molar-refractivity contribution in [2.24, 2.45) is 0 Å². The molecule has 3 aromatic rings. The maximum Gasteiger partial charge on any atom is 0.335 e. The van der Waals surface area contributed by atoms with Gasteiger partial charge < -0.3 is 24.4 Å². The number of likely N-dealkylation sites (N-methyl/N-ethyl adjacent to an activating group) is 1. The summed E-state index contributed by atoms with van der Waals surface area (Å²) in [6.07, 6.45) is 1.08. The number of carbonyl (C=O) groups excluding carboxylic acids is 2. The second-order valence-corrected chi connectivity index (χ2v) is 9.29. The molecule has 1 aliphatic rings. The molecule has 0 aromatic heterocycles. The van der Waals surface area contributed by atoms with Gasteiger partial charge in [-0.15, -0.1) is 0 Å². The monoisotopic (exact) mass is 504 g/mol. The Labute approximate surface area is 215 Å². The lowest BCUT2D eigenvalue weighted by Gasteiger charge is -2.39. The van der Waals surface area contributed by atoms with Gasteiger partial charge in [-0.3, -0.25) is 4.79 Å². The number of fused-ring (bicyclic) bond motifs is 1. The lowest BCUT2D eigenvalue weighted by atomic mass is 9.91. The predicted molar refractivity (Wildman–Crippen MR) is 141 cm³/mol. The van der Waals surface area contributed by atoms with Crippen molar-refractivity contribution in [3.63, 3.8) is 0 Å². The first-order valence-corrected chi connectivity index (χ1v) is 11.7. The van der Waals surface area contributed by atoms with Crippen molar-refractivity contribution in [3.8, 4) is 28.4 Å². The number of hydrogen-bond acceptors (Lipinski definition) is 6. The summed E-state index contributed by atoms with van der Waals surface area (Å²) >= 11 is 0. The Bertz CT molecular complexity index is 1400.